The van der Waals surface area contributed by atoms with Gasteiger partial charge in [-0.15, -0.1) is 0 Å². The normalized spacial score (nSPS) is 20.5. The van der Waals surface area contributed by atoms with Crippen LogP contribution in [0.15, 0.2) is 182 Å². The first-order valence-corrected chi connectivity index (χ1v) is 18.8. The summed E-state index contributed by atoms with van der Waals surface area (Å²) in [5.41, 5.74) is 10.3. The minimum Gasteiger partial charge on any atom is -0.347 e. The molecule has 7 aromatic rings. The van der Waals surface area contributed by atoms with Crippen LogP contribution in [-0.4, -0.2) is 24.4 Å². The monoisotopic (exact) mass is 685 g/mol. The van der Waals surface area contributed by atoms with Crippen LogP contribution in [0.1, 0.15) is 36.1 Å². The maximum Gasteiger partial charge on any atom is 0.210 e. The number of likely N-dealkylation sites (N-methyl/N-ethyl adjacent to an activating group) is 1. The molecule has 0 saturated carbocycles. The van der Waals surface area contributed by atoms with Crippen molar-refractivity contribution in [2.75, 3.05) is 19.0 Å². The molecule has 2 aliphatic rings. The number of anilines is 1. The molecule has 7 aromatic carbocycles. The third-order valence-corrected chi connectivity index (χ3v) is 12.0. The topological polar surface area (TPSA) is 6.25 Å². The molecule has 0 fully saturated rings. The highest BCUT2D eigenvalue weighted by Crippen LogP contribution is 2.52. The third-order valence-electron chi connectivity index (χ3n) is 12.0. The Bertz CT molecular complexity index is 2680. The van der Waals surface area contributed by atoms with E-state index in [1.165, 1.54) is 77.4 Å². The Kier molecular flexibility index (Phi) is 8.00. The molecule has 2 heterocycles. The van der Waals surface area contributed by atoms with Gasteiger partial charge in [-0.2, -0.15) is 4.58 Å². The van der Waals surface area contributed by atoms with Crippen molar-refractivity contribution in [3.05, 3.63) is 204 Å². The molecule has 2 unspecified atom stereocenters. The highest BCUT2D eigenvalue weighted by Gasteiger charge is 2.48. The molecule has 2 heteroatoms. The fourth-order valence-electron chi connectivity index (χ4n) is 9.56. The summed E-state index contributed by atoms with van der Waals surface area (Å²) >= 11 is 0. The van der Waals surface area contributed by atoms with Crippen LogP contribution < -0.4 is 4.90 Å². The summed E-state index contributed by atoms with van der Waals surface area (Å²) in [5, 5.41) is 7.81. The van der Waals surface area contributed by atoms with Crippen molar-refractivity contribution in [2.24, 2.45) is 0 Å². The average Bonchev–Trinajstić information content (AvgIpc) is 3.53. The van der Waals surface area contributed by atoms with Gasteiger partial charge in [-0.1, -0.05) is 146 Å². The summed E-state index contributed by atoms with van der Waals surface area (Å²) in [6.45, 7) is 4.86. The minimum atomic E-state index is -0.223. The molecule has 2 nitrogen and oxygen atoms in total. The van der Waals surface area contributed by atoms with Crippen LogP contribution in [0.3, 0.4) is 0 Å². The first-order valence-electron chi connectivity index (χ1n) is 18.8. The first-order chi connectivity index (χ1) is 25.8. The van der Waals surface area contributed by atoms with Crippen molar-refractivity contribution < 1.29 is 4.58 Å². The Morgan fingerprint density at radius 2 is 1.15 bits per heavy atom. The molecule has 0 saturated heterocycles. The molecule has 53 heavy (non-hydrogen) atoms. The SMILES string of the molecule is CN1C(=CC=CC=CC2=[N+](C)c3ccc4ccccc4c3C2(C)Cc2ccc3ccccc3c2)C(C)(Cc2ccccc2)c2c1ccc1ccccc21. The lowest BCUT2D eigenvalue weighted by Gasteiger charge is -2.29. The number of hydrogen-bond donors (Lipinski definition) is 0. The van der Waals surface area contributed by atoms with Crippen LogP contribution in [0, 0.1) is 0 Å². The zero-order valence-corrected chi connectivity index (χ0v) is 31.1. The van der Waals surface area contributed by atoms with Gasteiger partial charge in [0.25, 0.3) is 0 Å². The second-order valence-electron chi connectivity index (χ2n) is 15.3. The predicted molar refractivity (Wildman–Crippen MR) is 226 cm³/mol. The standard InChI is InChI=1S/C51H45N2/c1-50(34-36-17-7-5-8-18-36)46(52(3)44-31-29-39-20-13-15-23-42(39)48(44)50)25-9-6-10-26-47-51(2,35-37-27-28-38-19-11-12-22-41(38)33-37)49-43-24-16-14-21-40(43)30-32-45(49)53(47)4/h5-33H,34-35H2,1-4H3/q+1. The van der Waals surface area contributed by atoms with E-state index in [4.69, 9.17) is 0 Å². The molecule has 0 N–H and O–H groups in total. The van der Waals surface area contributed by atoms with Crippen molar-refractivity contribution in [3.8, 4) is 0 Å². The Morgan fingerprint density at radius 1 is 0.547 bits per heavy atom. The molecule has 0 amide bonds. The molecule has 0 spiro atoms. The average molecular weight is 686 g/mol. The number of hydrogen-bond acceptors (Lipinski definition) is 1. The van der Waals surface area contributed by atoms with Gasteiger partial charge in [-0.05, 0) is 93.9 Å². The van der Waals surface area contributed by atoms with Gasteiger partial charge in [0.05, 0.1) is 5.41 Å². The Labute approximate surface area is 313 Å². The molecule has 9 rings (SSSR count). The second kappa shape index (κ2) is 12.9. The molecule has 0 bridgehead atoms. The second-order valence-corrected chi connectivity index (χ2v) is 15.3. The number of allylic oxidation sites excluding steroid dienone is 6. The number of benzene rings is 7. The van der Waals surface area contributed by atoms with Crippen molar-refractivity contribution in [1.82, 2.24) is 0 Å². The lowest BCUT2D eigenvalue weighted by atomic mass is 9.73. The first kappa shape index (κ1) is 32.9. The maximum absolute atomic E-state index is 2.44. The lowest BCUT2D eigenvalue weighted by molar-refractivity contribution is -0.401. The van der Waals surface area contributed by atoms with Crippen molar-refractivity contribution in [1.29, 1.82) is 0 Å². The smallest absolute Gasteiger partial charge is 0.210 e. The molecule has 2 atom stereocenters. The van der Waals surface area contributed by atoms with Crippen LogP contribution in [0.5, 0.6) is 0 Å². The highest BCUT2D eigenvalue weighted by atomic mass is 15.2. The van der Waals surface area contributed by atoms with Gasteiger partial charge in [0.1, 0.15) is 7.05 Å². The molecular weight excluding hydrogens is 641 g/mol. The van der Waals surface area contributed by atoms with Gasteiger partial charge in [0.2, 0.25) is 5.69 Å². The molecule has 0 aliphatic carbocycles. The number of fused-ring (bicyclic) bond motifs is 7. The van der Waals surface area contributed by atoms with E-state index >= 15 is 0 Å². The summed E-state index contributed by atoms with van der Waals surface area (Å²) in [5.74, 6) is 0. The third kappa shape index (κ3) is 5.44. The predicted octanol–water partition coefficient (Wildman–Crippen LogP) is 12.0. The van der Waals surface area contributed by atoms with Crippen LogP contribution >= 0.6 is 0 Å². The molecule has 258 valence electrons. The number of nitrogens with zero attached hydrogens (tertiary/aromatic N) is 2. The molecule has 0 radical (unpaired) electrons. The van der Waals surface area contributed by atoms with E-state index in [-0.39, 0.29) is 10.8 Å². The number of rotatable bonds is 7. The summed E-state index contributed by atoms with van der Waals surface area (Å²) < 4.78 is 2.41. The Hall–Kier alpha value is -5.99. The highest BCUT2D eigenvalue weighted by molar-refractivity contribution is 6.08. The summed E-state index contributed by atoms with van der Waals surface area (Å²) in [6, 6.07) is 53.4. The van der Waals surface area contributed by atoms with Gasteiger partial charge in [0, 0.05) is 41.6 Å². The van der Waals surface area contributed by atoms with E-state index in [1.807, 2.05) is 0 Å². The quantitative estimate of drug-likeness (QED) is 0.120. The molecule has 0 aromatic heterocycles. The maximum atomic E-state index is 2.44. The largest absolute Gasteiger partial charge is 0.347 e. The Balaban J connectivity index is 1.09. The van der Waals surface area contributed by atoms with E-state index in [1.54, 1.807) is 0 Å². The van der Waals surface area contributed by atoms with Crippen LogP contribution in [-0.2, 0) is 23.7 Å². The van der Waals surface area contributed by atoms with Gasteiger partial charge < -0.3 is 4.90 Å². The van der Waals surface area contributed by atoms with Crippen LogP contribution in [0.4, 0.5) is 11.4 Å². The van der Waals surface area contributed by atoms with E-state index in [2.05, 4.69) is 213 Å². The molecule has 2 aliphatic heterocycles. The van der Waals surface area contributed by atoms with Crippen molar-refractivity contribution >= 4 is 49.4 Å². The van der Waals surface area contributed by atoms with Crippen LogP contribution in [0.2, 0.25) is 0 Å². The van der Waals surface area contributed by atoms with E-state index in [0.29, 0.717) is 0 Å². The summed E-state index contributed by atoms with van der Waals surface area (Å²) in [4.78, 5) is 2.40. The zero-order chi connectivity index (χ0) is 36.2. The van der Waals surface area contributed by atoms with Gasteiger partial charge in [-0.25, -0.2) is 0 Å². The Morgan fingerprint density at radius 3 is 1.91 bits per heavy atom. The molecular formula is C51H45N2+. The van der Waals surface area contributed by atoms with E-state index in [0.717, 1.165) is 12.8 Å². The summed E-state index contributed by atoms with van der Waals surface area (Å²) in [6.07, 6.45) is 13.2. The van der Waals surface area contributed by atoms with E-state index < -0.39 is 0 Å². The summed E-state index contributed by atoms with van der Waals surface area (Å²) in [7, 11) is 4.46. The van der Waals surface area contributed by atoms with Gasteiger partial charge >= 0.3 is 0 Å². The van der Waals surface area contributed by atoms with E-state index in [9.17, 15) is 0 Å². The zero-order valence-electron chi connectivity index (χ0n) is 31.1. The van der Waals surface area contributed by atoms with Gasteiger partial charge in [0.15, 0.2) is 5.71 Å². The van der Waals surface area contributed by atoms with Crippen molar-refractivity contribution in [3.63, 3.8) is 0 Å². The fourth-order valence-corrected chi connectivity index (χ4v) is 9.56. The minimum absolute atomic E-state index is 0.193. The fraction of sp³-hybridized carbons (Fsp3) is 0.157. The van der Waals surface area contributed by atoms with Crippen LogP contribution in [0.25, 0.3) is 32.3 Å². The lowest BCUT2D eigenvalue weighted by Crippen LogP contribution is -2.33. The van der Waals surface area contributed by atoms with Gasteiger partial charge in [-0.3, -0.25) is 0 Å². The van der Waals surface area contributed by atoms with Crippen molar-refractivity contribution in [2.45, 2.75) is 37.5 Å².